The van der Waals surface area contributed by atoms with Crippen LogP contribution in [0.15, 0.2) is 47.4 Å². The average molecular weight is 334 g/mol. The van der Waals surface area contributed by atoms with Crippen LogP contribution in [-0.4, -0.2) is 14.3 Å². The van der Waals surface area contributed by atoms with Crippen molar-refractivity contribution >= 4 is 21.6 Å². The number of carbonyl (C=O) groups excluding carboxylic acids is 1. The Morgan fingerprint density at radius 1 is 1.09 bits per heavy atom. The smallest absolute Gasteiger partial charge is 0.240 e. The van der Waals surface area contributed by atoms with Crippen molar-refractivity contribution in [2.75, 3.05) is 5.32 Å². The summed E-state index contributed by atoms with van der Waals surface area (Å²) in [4.78, 5) is 11.3. The fraction of sp³-hybridized carbons (Fsp3) is 0.188. The van der Waals surface area contributed by atoms with Gasteiger partial charge in [-0.05, 0) is 47.9 Å². The molecule has 1 aliphatic heterocycles. The van der Waals surface area contributed by atoms with Gasteiger partial charge in [-0.2, -0.15) is 0 Å². The molecule has 1 heterocycles. The fourth-order valence-electron chi connectivity index (χ4n) is 2.42. The Morgan fingerprint density at radius 3 is 2.57 bits per heavy atom. The van der Waals surface area contributed by atoms with Gasteiger partial charge in [0.25, 0.3) is 0 Å². The predicted molar refractivity (Wildman–Crippen MR) is 83.8 cm³/mol. The van der Waals surface area contributed by atoms with Gasteiger partial charge in [0.1, 0.15) is 5.82 Å². The van der Waals surface area contributed by atoms with E-state index in [4.69, 9.17) is 0 Å². The number of benzene rings is 2. The molecule has 0 radical (unpaired) electrons. The van der Waals surface area contributed by atoms with Crippen molar-refractivity contribution in [1.29, 1.82) is 0 Å². The average Bonchev–Trinajstić information content (AvgIpc) is 2.53. The standard InChI is InChI=1S/C16H15FN2O3S/c17-13-3-5-14(6-4-13)23(21,22)18-10-11-1-7-15-12(9-11)2-8-16(20)19-15/h1,3-7,9,18H,2,8,10H2,(H,19,20). The molecule has 0 aliphatic carbocycles. The number of halogens is 1. The lowest BCUT2D eigenvalue weighted by molar-refractivity contribution is -0.116. The summed E-state index contributed by atoms with van der Waals surface area (Å²) in [5.74, 6) is -0.497. The molecule has 0 unspecified atom stereocenters. The zero-order valence-electron chi connectivity index (χ0n) is 12.2. The topological polar surface area (TPSA) is 75.3 Å². The highest BCUT2D eigenvalue weighted by Gasteiger charge is 2.16. The van der Waals surface area contributed by atoms with E-state index < -0.39 is 15.8 Å². The first-order valence-corrected chi connectivity index (χ1v) is 8.59. The van der Waals surface area contributed by atoms with Crippen LogP contribution in [0.25, 0.3) is 0 Å². The summed E-state index contributed by atoms with van der Waals surface area (Å²) < 4.78 is 39.7. The van der Waals surface area contributed by atoms with E-state index in [0.29, 0.717) is 12.8 Å². The Kier molecular flexibility index (Phi) is 4.14. The molecule has 7 heteroatoms. The molecule has 0 aromatic heterocycles. The molecule has 3 rings (SSSR count). The van der Waals surface area contributed by atoms with Gasteiger partial charge in [-0.25, -0.2) is 17.5 Å². The molecule has 0 saturated carbocycles. The van der Waals surface area contributed by atoms with E-state index in [0.717, 1.165) is 28.9 Å². The van der Waals surface area contributed by atoms with Crippen molar-refractivity contribution in [2.45, 2.75) is 24.3 Å². The van der Waals surface area contributed by atoms with Crippen LogP contribution in [0.1, 0.15) is 17.5 Å². The minimum Gasteiger partial charge on any atom is -0.326 e. The number of hydrogen-bond donors (Lipinski definition) is 2. The maximum atomic E-state index is 12.9. The molecule has 0 saturated heterocycles. The van der Waals surface area contributed by atoms with Gasteiger partial charge in [0.2, 0.25) is 15.9 Å². The number of nitrogens with one attached hydrogen (secondary N) is 2. The lowest BCUT2D eigenvalue weighted by Crippen LogP contribution is -2.24. The van der Waals surface area contributed by atoms with Crippen LogP contribution in [0.3, 0.4) is 0 Å². The van der Waals surface area contributed by atoms with E-state index in [1.165, 1.54) is 12.1 Å². The van der Waals surface area contributed by atoms with Gasteiger partial charge in [-0.3, -0.25) is 4.79 Å². The maximum absolute atomic E-state index is 12.9. The second-order valence-corrected chi connectivity index (χ2v) is 7.09. The Hall–Kier alpha value is -2.25. The van der Waals surface area contributed by atoms with Crippen LogP contribution >= 0.6 is 0 Å². The normalized spacial score (nSPS) is 14.2. The molecule has 23 heavy (non-hydrogen) atoms. The summed E-state index contributed by atoms with van der Waals surface area (Å²) in [7, 11) is -3.69. The van der Waals surface area contributed by atoms with Crippen LogP contribution in [0.2, 0.25) is 0 Å². The lowest BCUT2D eigenvalue weighted by Gasteiger charge is -2.17. The molecule has 120 valence electrons. The third-order valence-corrected chi connectivity index (χ3v) is 5.07. The lowest BCUT2D eigenvalue weighted by atomic mass is 10.0. The number of sulfonamides is 1. The first-order chi connectivity index (χ1) is 10.9. The van der Waals surface area contributed by atoms with Crippen molar-refractivity contribution in [3.8, 4) is 0 Å². The van der Waals surface area contributed by atoms with Crippen LogP contribution in [0, 0.1) is 5.82 Å². The van der Waals surface area contributed by atoms with Crippen LogP contribution in [-0.2, 0) is 27.8 Å². The Morgan fingerprint density at radius 2 is 1.83 bits per heavy atom. The van der Waals surface area contributed by atoms with E-state index >= 15 is 0 Å². The quantitative estimate of drug-likeness (QED) is 0.900. The summed E-state index contributed by atoms with van der Waals surface area (Å²) in [5.41, 5.74) is 2.56. The summed E-state index contributed by atoms with van der Waals surface area (Å²) in [5, 5.41) is 2.78. The zero-order valence-corrected chi connectivity index (χ0v) is 13.0. The Balaban J connectivity index is 1.73. The van der Waals surface area contributed by atoms with Crippen molar-refractivity contribution in [3.63, 3.8) is 0 Å². The van der Waals surface area contributed by atoms with E-state index in [-0.39, 0.29) is 17.3 Å². The molecule has 0 atom stereocenters. The highest BCUT2D eigenvalue weighted by Crippen LogP contribution is 2.23. The minimum absolute atomic E-state index is 0.0118. The molecular formula is C16H15FN2O3S. The number of hydrogen-bond acceptors (Lipinski definition) is 3. The van der Waals surface area contributed by atoms with E-state index in [1.807, 2.05) is 6.07 Å². The first kappa shape index (κ1) is 15.6. The molecule has 2 aromatic carbocycles. The third-order valence-electron chi connectivity index (χ3n) is 3.66. The molecule has 2 N–H and O–H groups in total. The van der Waals surface area contributed by atoms with Crippen molar-refractivity contribution < 1.29 is 17.6 Å². The van der Waals surface area contributed by atoms with E-state index in [2.05, 4.69) is 10.0 Å². The Bertz CT molecular complexity index is 848. The summed E-state index contributed by atoms with van der Waals surface area (Å²) in [6.45, 7) is 0.126. The molecule has 0 spiro atoms. The molecule has 1 amide bonds. The number of aryl methyl sites for hydroxylation is 1. The SMILES string of the molecule is O=C1CCc2cc(CNS(=O)(=O)c3ccc(F)cc3)ccc2N1. The number of anilines is 1. The molecule has 2 aromatic rings. The van der Waals surface area contributed by atoms with E-state index in [9.17, 15) is 17.6 Å². The van der Waals surface area contributed by atoms with Crippen molar-refractivity contribution in [1.82, 2.24) is 4.72 Å². The van der Waals surface area contributed by atoms with Gasteiger partial charge in [0, 0.05) is 18.7 Å². The Labute approximate surface area is 133 Å². The fourth-order valence-corrected chi connectivity index (χ4v) is 3.44. The number of carbonyl (C=O) groups is 1. The predicted octanol–water partition coefficient (Wildman–Crippen LogP) is 2.19. The molecule has 0 fully saturated rings. The zero-order chi connectivity index (χ0) is 16.4. The second-order valence-electron chi connectivity index (χ2n) is 5.32. The van der Waals surface area contributed by atoms with Gasteiger partial charge in [0.05, 0.1) is 4.90 Å². The maximum Gasteiger partial charge on any atom is 0.240 e. The minimum atomic E-state index is -3.69. The van der Waals surface area contributed by atoms with Gasteiger partial charge in [-0.1, -0.05) is 12.1 Å². The van der Waals surface area contributed by atoms with Gasteiger partial charge < -0.3 is 5.32 Å². The van der Waals surface area contributed by atoms with Crippen molar-refractivity contribution in [2.24, 2.45) is 0 Å². The van der Waals surface area contributed by atoms with Gasteiger partial charge in [0.15, 0.2) is 0 Å². The summed E-state index contributed by atoms with van der Waals surface area (Å²) in [6.07, 6.45) is 1.07. The van der Waals surface area contributed by atoms with Gasteiger partial charge >= 0.3 is 0 Å². The van der Waals surface area contributed by atoms with Crippen LogP contribution in [0.4, 0.5) is 10.1 Å². The summed E-state index contributed by atoms with van der Waals surface area (Å²) in [6, 6.07) is 10.1. The molecule has 0 bridgehead atoms. The van der Waals surface area contributed by atoms with Crippen molar-refractivity contribution in [3.05, 3.63) is 59.4 Å². The number of amides is 1. The first-order valence-electron chi connectivity index (χ1n) is 7.11. The third kappa shape index (κ3) is 3.57. The second kappa shape index (κ2) is 6.10. The number of rotatable bonds is 4. The highest BCUT2D eigenvalue weighted by molar-refractivity contribution is 7.89. The van der Waals surface area contributed by atoms with E-state index in [1.54, 1.807) is 12.1 Å². The molecule has 1 aliphatic rings. The van der Waals surface area contributed by atoms with Crippen LogP contribution < -0.4 is 10.0 Å². The largest absolute Gasteiger partial charge is 0.326 e. The monoisotopic (exact) mass is 334 g/mol. The van der Waals surface area contributed by atoms with Gasteiger partial charge in [-0.15, -0.1) is 0 Å². The van der Waals surface area contributed by atoms with Crippen LogP contribution in [0.5, 0.6) is 0 Å². The summed E-state index contributed by atoms with van der Waals surface area (Å²) >= 11 is 0. The number of fused-ring (bicyclic) bond motifs is 1. The molecule has 5 nitrogen and oxygen atoms in total. The highest BCUT2D eigenvalue weighted by atomic mass is 32.2. The molecular weight excluding hydrogens is 319 g/mol.